The molecule has 6 heteroatoms. The lowest BCUT2D eigenvalue weighted by Gasteiger charge is -2.24. The maximum atomic E-state index is 13.5. The van der Waals surface area contributed by atoms with Crippen LogP contribution in [0, 0.1) is 5.82 Å². The van der Waals surface area contributed by atoms with Crippen molar-refractivity contribution in [2.45, 2.75) is 23.8 Å². The van der Waals surface area contributed by atoms with Crippen LogP contribution < -0.4 is 4.74 Å². The van der Waals surface area contributed by atoms with E-state index in [0.717, 1.165) is 6.42 Å². The summed E-state index contributed by atoms with van der Waals surface area (Å²) < 4.78 is 45.8. The molecule has 1 heterocycles. The highest BCUT2D eigenvalue weighted by Crippen LogP contribution is 2.36. The number of methoxy groups -OCH3 is 1. The van der Waals surface area contributed by atoms with Gasteiger partial charge in [-0.05, 0) is 54.8 Å². The zero-order valence-corrected chi connectivity index (χ0v) is 13.6. The summed E-state index contributed by atoms with van der Waals surface area (Å²) in [4.78, 5) is 0.224. The van der Waals surface area contributed by atoms with Gasteiger partial charge >= 0.3 is 0 Å². The lowest BCUT2D eigenvalue weighted by Crippen LogP contribution is -2.30. The van der Waals surface area contributed by atoms with Crippen LogP contribution in [0.3, 0.4) is 0 Å². The predicted molar refractivity (Wildman–Crippen MR) is 85.3 cm³/mol. The van der Waals surface area contributed by atoms with Crippen LogP contribution in [-0.2, 0) is 10.0 Å². The average molecular weight is 335 g/mol. The third-order valence-corrected chi connectivity index (χ3v) is 6.03. The van der Waals surface area contributed by atoms with E-state index in [2.05, 4.69) is 0 Å². The van der Waals surface area contributed by atoms with Crippen LogP contribution in [0.2, 0.25) is 0 Å². The first-order valence-electron chi connectivity index (χ1n) is 7.44. The molecular formula is C17H18FNO3S. The predicted octanol–water partition coefficient (Wildman–Crippen LogP) is 3.36. The molecule has 0 unspecified atom stereocenters. The van der Waals surface area contributed by atoms with Gasteiger partial charge in [-0.1, -0.05) is 12.1 Å². The monoisotopic (exact) mass is 335 g/mol. The number of hydrogen-bond donors (Lipinski definition) is 0. The van der Waals surface area contributed by atoms with Gasteiger partial charge in [-0.25, -0.2) is 12.8 Å². The van der Waals surface area contributed by atoms with Gasteiger partial charge < -0.3 is 4.74 Å². The smallest absolute Gasteiger partial charge is 0.243 e. The Labute approximate surface area is 135 Å². The van der Waals surface area contributed by atoms with Crippen LogP contribution in [0.5, 0.6) is 5.75 Å². The van der Waals surface area contributed by atoms with Gasteiger partial charge in [0.1, 0.15) is 11.6 Å². The minimum Gasteiger partial charge on any atom is -0.497 e. The zero-order chi connectivity index (χ0) is 16.4. The molecule has 0 aromatic heterocycles. The van der Waals surface area contributed by atoms with Gasteiger partial charge in [-0.2, -0.15) is 4.31 Å². The van der Waals surface area contributed by atoms with Gasteiger partial charge in [0.15, 0.2) is 0 Å². The molecule has 0 N–H and O–H groups in total. The summed E-state index contributed by atoms with van der Waals surface area (Å²) in [5, 5.41) is 0. The van der Waals surface area contributed by atoms with Gasteiger partial charge in [0.2, 0.25) is 10.0 Å². The molecule has 1 fully saturated rings. The number of sulfonamides is 1. The highest BCUT2D eigenvalue weighted by Gasteiger charge is 2.36. The van der Waals surface area contributed by atoms with Crippen LogP contribution in [-0.4, -0.2) is 26.4 Å². The number of rotatable bonds is 4. The van der Waals surface area contributed by atoms with Crippen molar-refractivity contribution < 1.29 is 17.5 Å². The fraction of sp³-hybridized carbons (Fsp3) is 0.294. The van der Waals surface area contributed by atoms with E-state index in [1.54, 1.807) is 24.3 Å². The summed E-state index contributed by atoms with van der Waals surface area (Å²) in [5.74, 6) is 0.253. The molecule has 2 aromatic carbocycles. The Morgan fingerprint density at radius 2 is 1.91 bits per heavy atom. The van der Waals surface area contributed by atoms with Crippen molar-refractivity contribution >= 4 is 10.0 Å². The van der Waals surface area contributed by atoms with Crippen LogP contribution in [0.4, 0.5) is 4.39 Å². The van der Waals surface area contributed by atoms with Crippen LogP contribution in [0.25, 0.3) is 0 Å². The van der Waals surface area contributed by atoms with Gasteiger partial charge in [0.05, 0.1) is 18.0 Å². The molecule has 1 atom stereocenters. The SMILES string of the molecule is COc1ccc(S(=O)(=O)N2CCC[C@@H]2c2cccc(F)c2)cc1. The van der Waals surface area contributed by atoms with Gasteiger partial charge in [0, 0.05) is 6.54 Å². The Balaban J connectivity index is 1.94. The van der Waals surface area contributed by atoms with Crippen molar-refractivity contribution in [3.05, 3.63) is 59.9 Å². The number of hydrogen-bond acceptors (Lipinski definition) is 3. The summed E-state index contributed by atoms with van der Waals surface area (Å²) >= 11 is 0. The molecular weight excluding hydrogens is 317 g/mol. The number of halogens is 1. The van der Waals surface area contributed by atoms with E-state index >= 15 is 0 Å². The van der Waals surface area contributed by atoms with Gasteiger partial charge in [-0.3, -0.25) is 0 Å². The molecule has 1 aliphatic heterocycles. The Hall–Kier alpha value is -1.92. The van der Waals surface area contributed by atoms with Crippen molar-refractivity contribution in [2.75, 3.05) is 13.7 Å². The Kier molecular flexibility index (Phi) is 4.37. The molecule has 4 nitrogen and oxygen atoms in total. The molecule has 0 spiro atoms. The first-order chi connectivity index (χ1) is 11.0. The van der Waals surface area contributed by atoms with E-state index in [1.807, 2.05) is 0 Å². The molecule has 0 bridgehead atoms. The van der Waals surface area contributed by atoms with Crippen LogP contribution >= 0.6 is 0 Å². The second-order valence-electron chi connectivity index (χ2n) is 5.50. The molecule has 2 aromatic rings. The Bertz CT molecular complexity index is 790. The van der Waals surface area contributed by atoms with Crippen molar-refractivity contribution in [3.8, 4) is 5.75 Å². The number of ether oxygens (including phenoxy) is 1. The molecule has 23 heavy (non-hydrogen) atoms. The largest absolute Gasteiger partial charge is 0.497 e. The first kappa shape index (κ1) is 16.0. The van der Waals surface area contributed by atoms with Gasteiger partial charge in [-0.15, -0.1) is 0 Å². The van der Waals surface area contributed by atoms with Crippen LogP contribution in [0.15, 0.2) is 53.4 Å². The minimum absolute atomic E-state index is 0.224. The van der Waals surface area contributed by atoms with Crippen LogP contribution in [0.1, 0.15) is 24.4 Å². The third kappa shape index (κ3) is 3.09. The third-order valence-electron chi connectivity index (χ3n) is 4.10. The minimum atomic E-state index is -3.62. The quantitative estimate of drug-likeness (QED) is 0.861. The summed E-state index contributed by atoms with van der Waals surface area (Å²) in [5.41, 5.74) is 0.694. The molecule has 122 valence electrons. The van der Waals surface area contributed by atoms with E-state index < -0.39 is 10.0 Å². The van der Waals surface area contributed by atoms with Crippen molar-refractivity contribution in [2.24, 2.45) is 0 Å². The Morgan fingerprint density at radius 1 is 1.17 bits per heavy atom. The second-order valence-corrected chi connectivity index (χ2v) is 7.39. The molecule has 1 aliphatic rings. The van der Waals surface area contributed by atoms with Crippen molar-refractivity contribution in [3.63, 3.8) is 0 Å². The summed E-state index contributed by atoms with van der Waals surface area (Å²) in [6.07, 6.45) is 1.45. The maximum Gasteiger partial charge on any atom is 0.243 e. The summed E-state index contributed by atoms with van der Waals surface area (Å²) in [7, 11) is -2.09. The number of benzene rings is 2. The first-order valence-corrected chi connectivity index (χ1v) is 8.88. The Morgan fingerprint density at radius 3 is 2.57 bits per heavy atom. The maximum absolute atomic E-state index is 13.5. The molecule has 1 saturated heterocycles. The fourth-order valence-electron chi connectivity index (χ4n) is 2.96. The van der Waals surface area contributed by atoms with E-state index in [9.17, 15) is 12.8 Å². The van der Waals surface area contributed by atoms with E-state index in [1.165, 1.54) is 35.7 Å². The van der Waals surface area contributed by atoms with Gasteiger partial charge in [0.25, 0.3) is 0 Å². The lowest BCUT2D eigenvalue weighted by atomic mass is 10.1. The lowest BCUT2D eigenvalue weighted by molar-refractivity contribution is 0.395. The molecule has 0 aliphatic carbocycles. The van der Waals surface area contributed by atoms with Crippen molar-refractivity contribution in [1.29, 1.82) is 0 Å². The van der Waals surface area contributed by atoms with E-state index in [-0.39, 0.29) is 16.8 Å². The zero-order valence-electron chi connectivity index (χ0n) is 12.8. The van der Waals surface area contributed by atoms with E-state index in [4.69, 9.17) is 4.74 Å². The van der Waals surface area contributed by atoms with Crippen molar-refractivity contribution in [1.82, 2.24) is 4.31 Å². The summed E-state index contributed by atoms with van der Waals surface area (Å²) in [6.45, 7) is 0.440. The molecule has 0 amide bonds. The topological polar surface area (TPSA) is 46.6 Å². The van der Waals surface area contributed by atoms with E-state index in [0.29, 0.717) is 24.3 Å². The molecule has 0 radical (unpaired) electrons. The standard InChI is InChI=1S/C17H18FNO3S/c1-22-15-7-9-16(10-8-15)23(20,21)19-11-3-6-17(19)13-4-2-5-14(18)12-13/h2,4-5,7-10,12,17H,3,6,11H2,1H3/t17-/m1/s1. The highest BCUT2D eigenvalue weighted by atomic mass is 32.2. The summed E-state index contributed by atoms with van der Waals surface area (Å²) in [6, 6.07) is 12.2. The molecule has 3 rings (SSSR count). The highest BCUT2D eigenvalue weighted by molar-refractivity contribution is 7.89. The molecule has 0 saturated carbocycles. The average Bonchev–Trinajstić information content (AvgIpc) is 3.05. The second kappa shape index (κ2) is 6.29. The normalized spacial score (nSPS) is 19.0. The fourth-order valence-corrected chi connectivity index (χ4v) is 4.64. The number of nitrogens with zero attached hydrogens (tertiary/aromatic N) is 1.